The second kappa shape index (κ2) is 15.8. The molecule has 2 atom stereocenters. The fraction of sp³-hybridized carbons (Fsp3) is 0.333. The summed E-state index contributed by atoms with van der Waals surface area (Å²) < 4.78 is 28.6. The van der Waals surface area contributed by atoms with Crippen LogP contribution in [0.1, 0.15) is 61.7 Å². The predicted octanol–water partition coefficient (Wildman–Crippen LogP) is 7.13. The summed E-state index contributed by atoms with van der Waals surface area (Å²) in [4.78, 5) is 54.4. The van der Waals surface area contributed by atoms with Gasteiger partial charge in [0.2, 0.25) is 5.91 Å². The van der Waals surface area contributed by atoms with Crippen molar-refractivity contribution in [2.75, 3.05) is 44.2 Å². The number of methoxy groups -OCH3 is 2. The Labute approximate surface area is 301 Å². The Morgan fingerprint density at radius 3 is 2.35 bits per heavy atom. The van der Waals surface area contributed by atoms with Crippen molar-refractivity contribution in [2.24, 2.45) is 5.41 Å². The molecular weight excluding hydrogens is 676 g/mol. The van der Waals surface area contributed by atoms with Crippen molar-refractivity contribution in [3.63, 3.8) is 0 Å². The minimum absolute atomic E-state index is 0.0447. The molecule has 1 aliphatic rings. The van der Waals surface area contributed by atoms with Gasteiger partial charge in [0.15, 0.2) is 11.5 Å². The quantitative estimate of drug-likeness (QED) is 0.152. The third-order valence-electron chi connectivity index (χ3n) is 8.44. The summed E-state index contributed by atoms with van der Waals surface area (Å²) in [5, 5.41) is 4.57. The van der Waals surface area contributed by atoms with Gasteiger partial charge in [-0.3, -0.25) is 14.4 Å². The maximum absolute atomic E-state index is 14.6. The lowest BCUT2D eigenvalue weighted by molar-refractivity contribution is -0.144. The first-order chi connectivity index (χ1) is 24.4. The summed E-state index contributed by atoms with van der Waals surface area (Å²) in [5.74, 6) is -1.05. The summed E-state index contributed by atoms with van der Waals surface area (Å²) in [6.07, 6.45) is -2.57. The van der Waals surface area contributed by atoms with E-state index in [0.717, 1.165) is 0 Å². The van der Waals surface area contributed by atoms with E-state index < -0.39 is 41.4 Å². The first-order valence-corrected chi connectivity index (χ1v) is 16.8. The average molecular weight is 717 g/mol. The van der Waals surface area contributed by atoms with Gasteiger partial charge in [-0.25, -0.2) is 4.79 Å². The lowest BCUT2D eigenvalue weighted by Crippen LogP contribution is -2.46. The SMILES string of the molecule is CCOC(=O)c1cccc2c(NC(=O)CC3OC(c4cccc(OC)c4OC)c4cc(Cl)ccc4N(CC(C)(C)COC(C)=O)C3=O)cccc12. The van der Waals surface area contributed by atoms with Crippen molar-refractivity contribution in [1.82, 2.24) is 0 Å². The normalized spacial score (nSPS) is 15.8. The molecule has 1 heterocycles. The molecule has 5 rings (SSSR count). The Kier molecular flexibility index (Phi) is 11.5. The molecule has 0 aliphatic carbocycles. The molecule has 2 amide bonds. The van der Waals surface area contributed by atoms with E-state index in [9.17, 15) is 19.2 Å². The number of carbonyl (C=O) groups excluding carboxylic acids is 4. The van der Waals surface area contributed by atoms with Gasteiger partial charge in [0, 0.05) is 51.8 Å². The molecule has 0 aromatic heterocycles. The Morgan fingerprint density at radius 1 is 0.922 bits per heavy atom. The first-order valence-electron chi connectivity index (χ1n) is 16.5. The molecule has 0 bridgehead atoms. The molecule has 0 fully saturated rings. The molecule has 1 aliphatic heterocycles. The number of amides is 2. The minimum Gasteiger partial charge on any atom is -0.493 e. The van der Waals surface area contributed by atoms with E-state index in [1.807, 2.05) is 13.8 Å². The van der Waals surface area contributed by atoms with E-state index in [1.165, 1.54) is 21.1 Å². The summed E-state index contributed by atoms with van der Waals surface area (Å²) >= 11 is 6.56. The molecule has 0 saturated carbocycles. The highest BCUT2D eigenvalue weighted by molar-refractivity contribution is 6.30. The van der Waals surface area contributed by atoms with E-state index in [2.05, 4.69) is 5.32 Å². The Hall–Kier alpha value is -5.13. The van der Waals surface area contributed by atoms with Crippen LogP contribution >= 0.6 is 11.6 Å². The molecule has 268 valence electrons. The van der Waals surface area contributed by atoms with Crippen molar-refractivity contribution < 1.29 is 42.9 Å². The number of halogens is 1. The van der Waals surface area contributed by atoms with Gasteiger partial charge in [0.1, 0.15) is 12.2 Å². The van der Waals surface area contributed by atoms with E-state index in [0.29, 0.717) is 55.4 Å². The lowest BCUT2D eigenvalue weighted by Gasteiger charge is -2.33. The molecule has 4 aromatic rings. The Morgan fingerprint density at radius 2 is 1.65 bits per heavy atom. The van der Waals surface area contributed by atoms with Crippen LogP contribution in [0.4, 0.5) is 11.4 Å². The number of esters is 2. The zero-order chi connectivity index (χ0) is 36.9. The van der Waals surface area contributed by atoms with Crippen LogP contribution in [0.5, 0.6) is 11.5 Å². The fourth-order valence-corrected chi connectivity index (χ4v) is 6.35. The van der Waals surface area contributed by atoms with Gasteiger partial charge in [0.25, 0.3) is 5.91 Å². The maximum Gasteiger partial charge on any atom is 0.338 e. The van der Waals surface area contributed by atoms with Gasteiger partial charge >= 0.3 is 11.9 Å². The first kappa shape index (κ1) is 37.1. The van der Waals surface area contributed by atoms with E-state index in [4.69, 9.17) is 35.3 Å². The molecular formula is C39H41ClN2O9. The highest BCUT2D eigenvalue weighted by atomic mass is 35.5. The number of nitrogens with one attached hydrogen (secondary N) is 1. The van der Waals surface area contributed by atoms with Crippen LogP contribution in [0.2, 0.25) is 5.02 Å². The van der Waals surface area contributed by atoms with Crippen LogP contribution in [0.25, 0.3) is 10.8 Å². The molecule has 0 saturated heterocycles. The van der Waals surface area contributed by atoms with Gasteiger partial charge in [-0.05, 0) is 48.7 Å². The van der Waals surface area contributed by atoms with Crippen molar-refractivity contribution >= 4 is 57.5 Å². The van der Waals surface area contributed by atoms with Crippen molar-refractivity contribution in [1.29, 1.82) is 0 Å². The summed E-state index contributed by atoms with van der Waals surface area (Å²) in [6.45, 7) is 7.19. The molecule has 2 unspecified atom stereocenters. The fourth-order valence-electron chi connectivity index (χ4n) is 6.17. The maximum atomic E-state index is 14.6. The second-order valence-electron chi connectivity index (χ2n) is 12.8. The number of ether oxygens (including phenoxy) is 5. The number of rotatable bonds is 12. The average Bonchev–Trinajstić information content (AvgIpc) is 3.20. The minimum atomic E-state index is -1.29. The lowest BCUT2D eigenvalue weighted by atomic mass is 9.92. The van der Waals surface area contributed by atoms with Crippen LogP contribution in [-0.2, 0) is 28.6 Å². The van der Waals surface area contributed by atoms with Crippen LogP contribution in [-0.4, -0.2) is 63.8 Å². The molecule has 0 radical (unpaired) electrons. The third-order valence-corrected chi connectivity index (χ3v) is 8.67. The molecule has 4 aromatic carbocycles. The Bertz CT molecular complexity index is 1960. The zero-order valence-corrected chi connectivity index (χ0v) is 30.2. The molecule has 51 heavy (non-hydrogen) atoms. The summed E-state index contributed by atoms with van der Waals surface area (Å²) in [6, 6.07) is 20.9. The highest BCUT2D eigenvalue weighted by Gasteiger charge is 2.41. The second-order valence-corrected chi connectivity index (χ2v) is 13.3. The smallest absolute Gasteiger partial charge is 0.338 e. The van der Waals surface area contributed by atoms with Crippen LogP contribution in [0.3, 0.4) is 0 Å². The van der Waals surface area contributed by atoms with E-state index in [-0.39, 0.29) is 26.2 Å². The number of fused-ring (bicyclic) bond motifs is 2. The Balaban J connectivity index is 1.57. The van der Waals surface area contributed by atoms with Gasteiger partial charge in [0.05, 0.1) is 39.4 Å². The largest absolute Gasteiger partial charge is 0.493 e. The van der Waals surface area contributed by atoms with Crippen molar-refractivity contribution in [3.05, 3.63) is 94.5 Å². The predicted molar refractivity (Wildman–Crippen MR) is 194 cm³/mol. The van der Waals surface area contributed by atoms with Gasteiger partial charge in [-0.1, -0.05) is 61.8 Å². The number of carbonyl (C=O) groups is 4. The summed E-state index contributed by atoms with van der Waals surface area (Å²) in [7, 11) is 3.03. The van der Waals surface area contributed by atoms with Crippen LogP contribution in [0, 0.1) is 5.41 Å². The molecule has 0 spiro atoms. The van der Waals surface area contributed by atoms with E-state index in [1.54, 1.807) is 84.6 Å². The molecule has 12 heteroatoms. The van der Waals surface area contributed by atoms with Crippen molar-refractivity contribution in [2.45, 2.75) is 46.3 Å². The van der Waals surface area contributed by atoms with Crippen molar-refractivity contribution in [3.8, 4) is 11.5 Å². The van der Waals surface area contributed by atoms with Gasteiger partial charge < -0.3 is 33.9 Å². The highest BCUT2D eigenvalue weighted by Crippen LogP contribution is 2.45. The standard InChI is InChI=1S/C39H41ClN2O9/c1-7-49-38(46)27-13-8-12-26-25(27)11-9-15-30(26)41-34(44)20-33-37(45)42(21-39(3,4)22-50-23(2)43)31-18-17-24(40)19-29(31)35(51-33)28-14-10-16-32(47-5)36(28)48-6/h8-19,33,35H,7,20-22H2,1-6H3,(H,41,44). The number of hydrogen-bond donors (Lipinski definition) is 1. The number of benzene rings is 4. The molecule has 1 N–H and O–H groups in total. The van der Waals surface area contributed by atoms with Crippen LogP contribution < -0.4 is 19.7 Å². The number of para-hydroxylation sites is 1. The zero-order valence-electron chi connectivity index (χ0n) is 29.4. The van der Waals surface area contributed by atoms with Gasteiger partial charge in [-0.15, -0.1) is 0 Å². The monoisotopic (exact) mass is 716 g/mol. The number of nitrogens with zero attached hydrogens (tertiary/aromatic N) is 1. The van der Waals surface area contributed by atoms with Gasteiger partial charge in [-0.2, -0.15) is 0 Å². The topological polar surface area (TPSA) is 130 Å². The molecule has 11 nitrogen and oxygen atoms in total. The third kappa shape index (κ3) is 8.27. The van der Waals surface area contributed by atoms with Crippen LogP contribution in [0.15, 0.2) is 72.8 Å². The number of hydrogen-bond acceptors (Lipinski definition) is 9. The summed E-state index contributed by atoms with van der Waals surface area (Å²) in [5.41, 5.74) is 1.75. The van der Waals surface area contributed by atoms with E-state index >= 15 is 0 Å². The number of anilines is 2.